The van der Waals surface area contributed by atoms with Crippen molar-refractivity contribution in [3.8, 4) is 0 Å². The SMILES string of the molecule is CNS(=O)(=O)c1cc(NC(=O)[C@@H](C)Sc2ccccc2)ccc1C. The highest BCUT2D eigenvalue weighted by atomic mass is 32.2. The molecular formula is C17H20N2O3S2. The van der Waals surface area contributed by atoms with Crippen molar-refractivity contribution in [2.24, 2.45) is 0 Å². The Bertz CT molecular complexity index is 821. The van der Waals surface area contributed by atoms with Gasteiger partial charge < -0.3 is 5.32 Å². The van der Waals surface area contributed by atoms with Crippen LogP contribution >= 0.6 is 11.8 Å². The van der Waals surface area contributed by atoms with Gasteiger partial charge in [0.1, 0.15) is 0 Å². The Morgan fingerprint density at radius 3 is 2.42 bits per heavy atom. The van der Waals surface area contributed by atoms with Crippen molar-refractivity contribution in [3.05, 3.63) is 54.1 Å². The Balaban J connectivity index is 2.13. The van der Waals surface area contributed by atoms with Gasteiger partial charge in [-0.25, -0.2) is 13.1 Å². The highest BCUT2D eigenvalue weighted by molar-refractivity contribution is 8.00. The second-order valence-electron chi connectivity index (χ2n) is 5.25. The van der Waals surface area contributed by atoms with Crippen molar-refractivity contribution in [1.82, 2.24) is 4.72 Å². The summed E-state index contributed by atoms with van der Waals surface area (Å²) < 4.78 is 26.3. The minimum Gasteiger partial charge on any atom is -0.325 e. The highest BCUT2D eigenvalue weighted by Gasteiger charge is 2.18. The van der Waals surface area contributed by atoms with E-state index in [4.69, 9.17) is 0 Å². The third kappa shape index (κ3) is 4.59. The summed E-state index contributed by atoms with van der Waals surface area (Å²) >= 11 is 1.45. The van der Waals surface area contributed by atoms with Crippen LogP contribution in [0, 0.1) is 6.92 Å². The fourth-order valence-electron chi connectivity index (χ4n) is 2.08. The monoisotopic (exact) mass is 364 g/mol. The van der Waals surface area contributed by atoms with Gasteiger partial charge in [0, 0.05) is 10.6 Å². The van der Waals surface area contributed by atoms with Crippen LogP contribution in [-0.4, -0.2) is 26.6 Å². The van der Waals surface area contributed by atoms with E-state index in [0.717, 1.165) is 4.90 Å². The number of rotatable bonds is 6. The normalized spacial score (nSPS) is 12.6. The molecule has 0 fully saturated rings. The van der Waals surface area contributed by atoms with Gasteiger partial charge in [-0.15, -0.1) is 11.8 Å². The molecule has 7 heteroatoms. The summed E-state index contributed by atoms with van der Waals surface area (Å²) in [6.45, 7) is 3.52. The lowest BCUT2D eigenvalue weighted by molar-refractivity contribution is -0.115. The molecule has 1 atom stereocenters. The molecule has 0 heterocycles. The molecule has 128 valence electrons. The Hall–Kier alpha value is -1.83. The zero-order valence-electron chi connectivity index (χ0n) is 13.7. The van der Waals surface area contributed by atoms with Gasteiger partial charge in [-0.2, -0.15) is 0 Å². The number of thioether (sulfide) groups is 1. The smallest absolute Gasteiger partial charge is 0.240 e. The van der Waals surface area contributed by atoms with Crippen molar-refractivity contribution >= 4 is 33.4 Å². The minimum absolute atomic E-state index is 0.158. The molecule has 2 aromatic carbocycles. The zero-order chi connectivity index (χ0) is 17.7. The standard InChI is InChI=1S/C17H20N2O3S2/c1-12-9-10-14(11-16(12)24(21,22)18-3)19-17(20)13(2)23-15-7-5-4-6-8-15/h4-11,13,18H,1-3H3,(H,19,20)/t13-/m1/s1. The number of carbonyl (C=O) groups excluding carboxylic acids is 1. The topological polar surface area (TPSA) is 75.3 Å². The van der Waals surface area contributed by atoms with Crippen LogP contribution < -0.4 is 10.0 Å². The first kappa shape index (κ1) is 18.5. The molecule has 0 aromatic heterocycles. The first-order valence-corrected chi connectivity index (χ1v) is 9.76. The highest BCUT2D eigenvalue weighted by Crippen LogP contribution is 2.25. The van der Waals surface area contributed by atoms with Gasteiger partial charge in [0.15, 0.2) is 0 Å². The van der Waals surface area contributed by atoms with Crippen molar-refractivity contribution in [2.45, 2.75) is 28.9 Å². The number of benzene rings is 2. The van der Waals surface area contributed by atoms with Crippen LogP contribution in [0.2, 0.25) is 0 Å². The van der Waals surface area contributed by atoms with E-state index < -0.39 is 10.0 Å². The van der Waals surface area contributed by atoms with E-state index >= 15 is 0 Å². The molecule has 0 unspecified atom stereocenters. The van der Waals surface area contributed by atoms with Gasteiger partial charge in [-0.05, 0) is 50.7 Å². The summed E-state index contributed by atoms with van der Waals surface area (Å²) in [5, 5.41) is 2.47. The van der Waals surface area contributed by atoms with Crippen LogP contribution in [0.1, 0.15) is 12.5 Å². The minimum atomic E-state index is -3.56. The third-order valence-electron chi connectivity index (χ3n) is 3.44. The fraction of sp³-hybridized carbons (Fsp3) is 0.235. The number of hydrogen-bond acceptors (Lipinski definition) is 4. The molecule has 5 nitrogen and oxygen atoms in total. The summed E-state index contributed by atoms with van der Waals surface area (Å²) in [6.07, 6.45) is 0. The number of aryl methyl sites for hydroxylation is 1. The van der Waals surface area contributed by atoms with Crippen LogP contribution in [-0.2, 0) is 14.8 Å². The number of nitrogens with one attached hydrogen (secondary N) is 2. The van der Waals surface area contributed by atoms with Crippen LogP contribution in [0.3, 0.4) is 0 Å². The van der Waals surface area contributed by atoms with Gasteiger partial charge in [-0.1, -0.05) is 24.3 Å². The first-order chi connectivity index (χ1) is 11.3. The van der Waals surface area contributed by atoms with Gasteiger partial charge in [0.05, 0.1) is 10.1 Å². The molecule has 24 heavy (non-hydrogen) atoms. The maximum Gasteiger partial charge on any atom is 0.240 e. The Morgan fingerprint density at radius 2 is 1.79 bits per heavy atom. The van der Waals surface area contributed by atoms with E-state index in [1.807, 2.05) is 37.3 Å². The summed E-state index contributed by atoms with van der Waals surface area (Å²) in [6, 6.07) is 14.5. The number of anilines is 1. The number of carbonyl (C=O) groups is 1. The van der Waals surface area contributed by atoms with Crippen LogP contribution in [0.25, 0.3) is 0 Å². The Morgan fingerprint density at radius 1 is 1.12 bits per heavy atom. The lowest BCUT2D eigenvalue weighted by Gasteiger charge is -2.14. The second kappa shape index (κ2) is 7.83. The van der Waals surface area contributed by atoms with Gasteiger partial charge in [0.25, 0.3) is 0 Å². The zero-order valence-corrected chi connectivity index (χ0v) is 15.4. The second-order valence-corrected chi connectivity index (χ2v) is 8.52. The lowest BCUT2D eigenvalue weighted by Crippen LogP contribution is -2.23. The third-order valence-corrected chi connectivity index (χ3v) is 6.11. The van der Waals surface area contributed by atoms with Crippen molar-refractivity contribution in [1.29, 1.82) is 0 Å². The largest absolute Gasteiger partial charge is 0.325 e. The van der Waals surface area contributed by atoms with E-state index in [-0.39, 0.29) is 16.1 Å². The molecule has 0 aliphatic carbocycles. The number of hydrogen-bond donors (Lipinski definition) is 2. The molecule has 0 aliphatic rings. The lowest BCUT2D eigenvalue weighted by atomic mass is 10.2. The van der Waals surface area contributed by atoms with Gasteiger partial charge in [-0.3, -0.25) is 4.79 Å². The Labute approximate surface area is 146 Å². The molecule has 2 N–H and O–H groups in total. The van der Waals surface area contributed by atoms with Crippen LogP contribution in [0.4, 0.5) is 5.69 Å². The molecule has 0 aliphatic heterocycles. The quantitative estimate of drug-likeness (QED) is 0.773. The molecular weight excluding hydrogens is 344 g/mol. The van der Waals surface area contributed by atoms with Crippen molar-refractivity contribution < 1.29 is 13.2 Å². The average Bonchev–Trinajstić information content (AvgIpc) is 2.57. The molecule has 1 amide bonds. The molecule has 0 radical (unpaired) electrons. The molecule has 0 saturated carbocycles. The molecule has 0 saturated heterocycles. The number of sulfonamides is 1. The van der Waals surface area contributed by atoms with E-state index in [2.05, 4.69) is 10.0 Å². The maximum atomic E-state index is 12.3. The van der Waals surface area contributed by atoms with Gasteiger partial charge in [0.2, 0.25) is 15.9 Å². The van der Waals surface area contributed by atoms with Crippen LogP contribution in [0.5, 0.6) is 0 Å². The van der Waals surface area contributed by atoms with Crippen LogP contribution in [0.15, 0.2) is 58.3 Å². The summed E-state index contributed by atoms with van der Waals surface area (Å²) in [4.78, 5) is 13.5. The first-order valence-electron chi connectivity index (χ1n) is 7.40. The molecule has 2 aromatic rings. The fourth-order valence-corrected chi connectivity index (χ4v) is 3.96. The maximum absolute atomic E-state index is 12.3. The average molecular weight is 364 g/mol. The summed E-state index contributed by atoms with van der Waals surface area (Å²) in [5.74, 6) is -0.180. The predicted octanol–water partition coefficient (Wildman–Crippen LogP) is 3.02. The predicted molar refractivity (Wildman–Crippen MR) is 97.8 cm³/mol. The Kier molecular flexibility index (Phi) is 6.04. The van der Waals surface area contributed by atoms with Crippen molar-refractivity contribution in [3.63, 3.8) is 0 Å². The van der Waals surface area contributed by atoms with E-state index in [1.165, 1.54) is 24.9 Å². The molecule has 0 bridgehead atoms. The van der Waals surface area contributed by atoms with Crippen molar-refractivity contribution in [2.75, 3.05) is 12.4 Å². The molecule has 2 rings (SSSR count). The van der Waals surface area contributed by atoms with E-state index in [1.54, 1.807) is 19.1 Å². The summed E-state index contributed by atoms with van der Waals surface area (Å²) in [7, 11) is -2.20. The summed E-state index contributed by atoms with van der Waals surface area (Å²) in [5.41, 5.74) is 1.08. The molecule has 0 spiro atoms. The van der Waals surface area contributed by atoms with E-state index in [0.29, 0.717) is 11.3 Å². The van der Waals surface area contributed by atoms with Gasteiger partial charge >= 0.3 is 0 Å². The number of amides is 1. The van der Waals surface area contributed by atoms with E-state index in [9.17, 15) is 13.2 Å².